The summed E-state index contributed by atoms with van der Waals surface area (Å²) < 4.78 is 32.0. The first-order valence-corrected chi connectivity index (χ1v) is 10.4. The van der Waals surface area contributed by atoms with Crippen molar-refractivity contribution in [1.29, 1.82) is 0 Å². The van der Waals surface area contributed by atoms with Gasteiger partial charge in [0.1, 0.15) is 4.21 Å². The highest BCUT2D eigenvalue weighted by molar-refractivity contribution is 7.91. The van der Waals surface area contributed by atoms with Gasteiger partial charge >= 0.3 is 6.03 Å². The van der Waals surface area contributed by atoms with Gasteiger partial charge in [-0.1, -0.05) is 6.07 Å². The zero-order valence-corrected chi connectivity index (χ0v) is 15.2. The minimum absolute atomic E-state index is 0.151. The van der Waals surface area contributed by atoms with Crippen LogP contribution < -0.4 is 10.6 Å². The van der Waals surface area contributed by atoms with Crippen LogP contribution in [0.2, 0.25) is 0 Å². The lowest BCUT2D eigenvalue weighted by Gasteiger charge is -2.34. The van der Waals surface area contributed by atoms with E-state index in [0.717, 1.165) is 19.3 Å². The van der Waals surface area contributed by atoms with Gasteiger partial charge in [-0.25, -0.2) is 13.2 Å². The molecule has 1 saturated heterocycles. The average Bonchev–Trinajstić information content (AvgIpc) is 3.19. The van der Waals surface area contributed by atoms with Gasteiger partial charge in [0, 0.05) is 32.8 Å². The number of nitrogens with zero attached hydrogens (tertiary/aromatic N) is 1. The number of ether oxygens (including phenoxy) is 1. The third-order valence-corrected chi connectivity index (χ3v) is 7.89. The lowest BCUT2D eigenvalue weighted by Crippen LogP contribution is -2.51. The highest BCUT2D eigenvalue weighted by Crippen LogP contribution is 2.26. The summed E-state index contributed by atoms with van der Waals surface area (Å²) in [5.41, 5.74) is 0. The van der Waals surface area contributed by atoms with Gasteiger partial charge in [-0.05, 0) is 36.6 Å². The van der Waals surface area contributed by atoms with E-state index >= 15 is 0 Å². The number of sulfonamides is 1. The molecule has 0 radical (unpaired) electrons. The Morgan fingerprint density at radius 2 is 2.25 bits per heavy atom. The number of thiophene rings is 1. The SMILES string of the molecule is COC1CC(NC(=O)NCC2CCN(S(=O)(=O)c3cccs3)C2)C1. The molecular formula is C15H23N3O4S2. The van der Waals surface area contributed by atoms with E-state index in [1.807, 2.05) is 0 Å². The Morgan fingerprint density at radius 1 is 1.46 bits per heavy atom. The maximum Gasteiger partial charge on any atom is 0.315 e. The molecule has 1 aromatic rings. The molecule has 1 atom stereocenters. The Hall–Kier alpha value is -1.16. The normalized spacial score (nSPS) is 27.6. The van der Waals surface area contributed by atoms with Gasteiger partial charge in [0.05, 0.1) is 6.10 Å². The lowest BCUT2D eigenvalue weighted by atomic mass is 9.89. The van der Waals surface area contributed by atoms with Gasteiger partial charge in [0.15, 0.2) is 0 Å². The summed E-state index contributed by atoms with van der Waals surface area (Å²) in [6.07, 6.45) is 2.71. The van der Waals surface area contributed by atoms with Gasteiger partial charge in [0.25, 0.3) is 10.0 Å². The second-order valence-corrected chi connectivity index (χ2v) is 9.44. The molecule has 24 heavy (non-hydrogen) atoms. The molecule has 2 fully saturated rings. The molecule has 1 aromatic heterocycles. The van der Waals surface area contributed by atoms with Crippen LogP contribution in [0.3, 0.4) is 0 Å². The van der Waals surface area contributed by atoms with E-state index in [2.05, 4.69) is 10.6 Å². The van der Waals surface area contributed by atoms with Crippen molar-refractivity contribution in [2.75, 3.05) is 26.7 Å². The van der Waals surface area contributed by atoms with Gasteiger partial charge in [-0.2, -0.15) is 4.31 Å². The first kappa shape index (κ1) is 17.7. The van der Waals surface area contributed by atoms with E-state index in [1.165, 1.54) is 15.6 Å². The monoisotopic (exact) mass is 373 g/mol. The fraction of sp³-hybridized carbons (Fsp3) is 0.667. The largest absolute Gasteiger partial charge is 0.381 e. The predicted molar refractivity (Wildman–Crippen MR) is 91.5 cm³/mol. The highest BCUT2D eigenvalue weighted by atomic mass is 32.2. The van der Waals surface area contributed by atoms with Crippen molar-refractivity contribution in [2.24, 2.45) is 5.92 Å². The van der Waals surface area contributed by atoms with Crippen LogP contribution in [0.25, 0.3) is 0 Å². The summed E-state index contributed by atoms with van der Waals surface area (Å²) >= 11 is 1.23. The number of amides is 2. The summed E-state index contributed by atoms with van der Waals surface area (Å²) in [5, 5.41) is 7.53. The molecular weight excluding hydrogens is 350 g/mol. The maximum atomic E-state index is 12.5. The number of carbonyl (C=O) groups excluding carboxylic acids is 1. The summed E-state index contributed by atoms with van der Waals surface area (Å²) in [6.45, 7) is 1.45. The second-order valence-electron chi connectivity index (χ2n) is 6.33. The summed E-state index contributed by atoms with van der Waals surface area (Å²) in [6, 6.07) is 3.36. The highest BCUT2D eigenvalue weighted by Gasteiger charge is 2.34. The summed E-state index contributed by atoms with van der Waals surface area (Å²) in [5.74, 6) is 0.151. The number of methoxy groups -OCH3 is 1. The molecule has 3 rings (SSSR count). The van der Waals surface area contributed by atoms with Gasteiger partial charge < -0.3 is 15.4 Å². The van der Waals surface area contributed by atoms with E-state index < -0.39 is 10.0 Å². The minimum Gasteiger partial charge on any atom is -0.381 e. The van der Waals surface area contributed by atoms with Crippen molar-refractivity contribution in [3.63, 3.8) is 0 Å². The number of rotatable bonds is 6. The van der Waals surface area contributed by atoms with Crippen molar-refractivity contribution in [3.8, 4) is 0 Å². The van der Waals surface area contributed by atoms with Gasteiger partial charge in [-0.3, -0.25) is 0 Å². The summed E-state index contributed by atoms with van der Waals surface area (Å²) in [7, 11) is -1.70. The number of hydrogen-bond acceptors (Lipinski definition) is 5. The summed E-state index contributed by atoms with van der Waals surface area (Å²) in [4.78, 5) is 11.9. The smallest absolute Gasteiger partial charge is 0.315 e. The predicted octanol–water partition coefficient (Wildman–Crippen LogP) is 1.24. The molecule has 1 aliphatic heterocycles. The maximum absolute atomic E-state index is 12.5. The van der Waals surface area contributed by atoms with Crippen molar-refractivity contribution >= 4 is 27.4 Å². The Morgan fingerprint density at radius 3 is 2.92 bits per heavy atom. The van der Waals surface area contributed by atoms with Crippen LogP contribution in [0.15, 0.2) is 21.7 Å². The van der Waals surface area contributed by atoms with Gasteiger partial charge in [-0.15, -0.1) is 11.3 Å². The van der Waals surface area contributed by atoms with E-state index in [4.69, 9.17) is 4.74 Å². The molecule has 2 aliphatic rings. The molecule has 2 amide bonds. The van der Waals surface area contributed by atoms with Crippen molar-refractivity contribution in [3.05, 3.63) is 17.5 Å². The topological polar surface area (TPSA) is 87.7 Å². The molecule has 0 bridgehead atoms. The van der Waals surface area contributed by atoms with Crippen LogP contribution in [0.5, 0.6) is 0 Å². The van der Waals surface area contributed by atoms with E-state index in [0.29, 0.717) is 23.8 Å². The quantitative estimate of drug-likeness (QED) is 0.785. The zero-order valence-electron chi connectivity index (χ0n) is 13.6. The minimum atomic E-state index is -3.38. The van der Waals surface area contributed by atoms with E-state index in [1.54, 1.807) is 24.6 Å². The molecule has 0 aromatic carbocycles. The molecule has 0 spiro atoms. The van der Waals surface area contributed by atoms with Crippen LogP contribution >= 0.6 is 11.3 Å². The third kappa shape index (κ3) is 3.90. The number of hydrogen-bond donors (Lipinski definition) is 2. The molecule has 134 valence electrons. The molecule has 2 heterocycles. The van der Waals surface area contributed by atoms with Crippen LogP contribution in [0, 0.1) is 5.92 Å². The first-order chi connectivity index (χ1) is 11.5. The molecule has 9 heteroatoms. The average molecular weight is 374 g/mol. The molecule has 1 unspecified atom stereocenters. The molecule has 1 saturated carbocycles. The fourth-order valence-electron chi connectivity index (χ4n) is 3.07. The van der Waals surface area contributed by atoms with E-state index in [-0.39, 0.29) is 24.1 Å². The number of carbonyl (C=O) groups is 1. The zero-order chi connectivity index (χ0) is 17.2. The van der Waals surface area contributed by atoms with Crippen LogP contribution in [0.1, 0.15) is 19.3 Å². The van der Waals surface area contributed by atoms with Crippen molar-refractivity contribution in [2.45, 2.75) is 35.6 Å². The molecule has 7 nitrogen and oxygen atoms in total. The number of nitrogens with one attached hydrogen (secondary N) is 2. The van der Waals surface area contributed by atoms with Crippen LogP contribution in [-0.4, -0.2) is 57.6 Å². The third-order valence-electron chi connectivity index (χ3n) is 4.65. The van der Waals surface area contributed by atoms with Crippen molar-refractivity contribution < 1.29 is 17.9 Å². The Labute approximate surface area is 146 Å². The first-order valence-electron chi connectivity index (χ1n) is 8.10. The fourth-order valence-corrected chi connectivity index (χ4v) is 5.74. The molecule has 1 aliphatic carbocycles. The van der Waals surface area contributed by atoms with Crippen LogP contribution in [0.4, 0.5) is 4.79 Å². The Balaban J connectivity index is 1.41. The Bertz CT molecular complexity index is 656. The lowest BCUT2D eigenvalue weighted by molar-refractivity contribution is 0.0205. The molecule has 2 N–H and O–H groups in total. The Kier molecular flexibility index (Phi) is 5.43. The van der Waals surface area contributed by atoms with Crippen molar-refractivity contribution in [1.82, 2.24) is 14.9 Å². The van der Waals surface area contributed by atoms with Gasteiger partial charge in [0.2, 0.25) is 0 Å². The standard InChI is InChI=1S/C15H23N3O4S2/c1-22-13-7-12(8-13)17-15(19)16-9-11-4-5-18(10-11)24(20,21)14-3-2-6-23-14/h2-3,6,11-13H,4-5,7-10H2,1H3,(H2,16,17,19). The second kappa shape index (κ2) is 7.38. The van der Waals surface area contributed by atoms with Crippen LogP contribution in [-0.2, 0) is 14.8 Å². The van der Waals surface area contributed by atoms with E-state index in [9.17, 15) is 13.2 Å². The number of urea groups is 1.